The molecule has 0 saturated heterocycles. The molecule has 0 radical (unpaired) electrons. The number of aliphatic hydroxyl groups is 1. The van der Waals surface area contributed by atoms with Gasteiger partial charge in [-0.15, -0.1) is 11.3 Å². The first-order valence-corrected chi connectivity index (χ1v) is 8.50. The molecule has 2 unspecified atom stereocenters. The molecule has 0 saturated carbocycles. The van der Waals surface area contributed by atoms with E-state index in [2.05, 4.69) is 17.2 Å². The predicted octanol–water partition coefficient (Wildman–Crippen LogP) is 2.93. The van der Waals surface area contributed by atoms with Crippen molar-refractivity contribution in [1.82, 2.24) is 9.88 Å². The van der Waals surface area contributed by atoms with E-state index in [1.807, 2.05) is 56.4 Å². The third-order valence-corrected chi connectivity index (χ3v) is 4.42. The number of likely N-dealkylation sites (N-methyl/N-ethyl adjacent to an activating group) is 1. The van der Waals surface area contributed by atoms with Crippen molar-refractivity contribution in [2.45, 2.75) is 26.0 Å². The largest absolute Gasteiger partial charge is 0.491 e. The van der Waals surface area contributed by atoms with Crippen molar-refractivity contribution in [1.29, 1.82) is 0 Å². The van der Waals surface area contributed by atoms with Crippen LogP contribution < -0.4 is 10.1 Å². The van der Waals surface area contributed by atoms with Crippen LogP contribution in [0.1, 0.15) is 22.9 Å². The molecule has 0 aliphatic rings. The summed E-state index contributed by atoms with van der Waals surface area (Å²) in [6.07, 6.45) is 1.43. The highest BCUT2D eigenvalue weighted by Crippen LogP contribution is 2.25. The molecule has 1 aromatic carbocycles. The third kappa shape index (κ3) is 5.82. The van der Waals surface area contributed by atoms with Gasteiger partial charge in [0, 0.05) is 23.3 Å². The average Bonchev–Trinajstić information content (AvgIpc) is 2.92. The fourth-order valence-electron chi connectivity index (χ4n) is 2.21. The third-order valence-electron chi connectivity index (χ3n) is 3.32. The van der Waals surface area contributed by atoms with Crippen LogP contribution in [0.2, 0.25) is 0 Å². The highest BCUT2D eigenvalue weighted by molar-refractivity contribution is 7.11. The second-order valence-electron chi connectivity index (χ2n) is 5.90. The van der Waals surface area contributed by atoms with Gasteiger partial charge in [0.15, 0.2) is 0 Å². The second kappa shape index (κ2) is 8.29. The average molecular weight is 335 g/mol. The summed E-state index contributed by atoms with van der Waals surface area (Å²) in [5, 5.41) is 14.3. The molecule has 6 heteroatoms. The summed E-state index contributed by atoms with van der Waals surface area (Å²) in [5.74, 6) is 0.759. The van der Waals surface area contributed by atoms with Crippen LogP contribution in [0.15, 0.2) is 30.5 Å². The molecule has 0 fully saturated rings. The van der Waals surface area contributed by atoms with Crippen LogP contribution in [-0.4, -0.2) is 48.3 Å². The number of thiazole rings is 1. The zero-order valence-electron chi connectivity index (χ0n) is 14.1. The zero-order chi connectivity index (χ0) is 16.8. The molecule has 2 aromatic rings. The summed E-state index contributed by atoms with van der Waals surface area (Å²) in [6.45, 7) is 5.01. The van der Waals surface area contributed by atoms with Gasteiger partial charge in [-0.1, -0.05) is 0 Å². The minimum absolute atomic E-state index is 0.217. The van der Waals surface area contributed by atoms with E-state index in [-0.39, 0.29) is 6.04 Å². The van der Waals surface area contributed by atoms with E-state index in [0.29, 0.717) is 13.2 Å². The van der Waals surface area contributed by atoms with E-state index in [4.69, 9.17) is 4.74 Å². The highest BCUT2D eigenvalue weighted by Gasteiger charge is 2.09. The fraction of sp³-hybridized carbons (Fsp3) is 0.471. The number of aryl methyl sites for hydroxylation is 1. The van der Waals surface area contributed by atoms with E-state index in [1.165, 1.54) is 4.88 Å². The lowest BCUT2D eigenvalue weighted by atomic mass is 10.2. The van der Waals surface area contributed by atoms with Crippen LogP contribution in [0.25, 0.3) is 0 Å². The lowest BCUT2D eigenvalue weighted by Gasteiger charge is -2.17. The molecule has 0 bridgehead atoms. The Balaban J connectivity index is 1.84. The topological polar surface area (TPSA) is 57.6 Å². The molecule has 1 aromatic heterocycles. The van der Waals surface area contributed by atoms with Gasteiger partial charge in [-0.2, -0.15) is 0 Å². The van der Waals surface area contributed by atoms with Gasteiger partial charge in [0.1, 0.15) is 18.5 Å². The number of nitrogens with one attached hydrogen (secondary N) is 1. The monoisotopic (exact) mass is 335 g/mol. The smallest absolute Gasteiger partial charge is 0.119 e. The maximum Gasteiger partial charge on any atom is 0.119 e. The molecule has 0 spiro atoms. The van der Waals surface area contributed by atoms with E-state index in [9.17, 15) is 5.11 Å². The lowest BCUT2D eigenvalue weighted by molar-refractivity contribution is 0.0831. The van der Waals surface area contributed by atoms with Crippen LogP contribution in [0.4, 0.5) is 5.69 Å². The molecular weight excluding hydrogens is 310 g/mol. The molecule has 2 N–H and O–H groups in total. The number of hydrogen-bond acceptors (Lipinski definition) is 6. The minimum Gasteiger partial charge on any atom is -0.491 e. The summed E-state index contributed by atoms with van der Waals surface area (Å²) >= 11 is 1.70. The van der Waals surface area contributed by atoms with Gasteiger partial charge in [-0.3, -0.25) is 0 Å². The highest BCUT2D eigenvalue weighted by atomic mass is 32.1. The number of aromatic nitrogens is 1. The van der Waals surface area contributed by atoms with Crippen LogP contribution in [0, 0.1) is 6.92 Å². The minimum atomic E-state index is -0.489. The molecule has 2 atom stereocenters. The number of nitrogens with zero attached hydrogens (tertiary/aromatic N) is 2. The van der Waals surface area contributed by atoms with Crippen molar-refractivity contribution in [3.8, 4) is 5.75 Å². The quantitative estimate of drug-likeness (QED) is 0.777. The number of aliphatic hydroxyl groups excluding tert-OH is 1. The van der Waals surface area contributed by atoms with Gasteiger partial charge in [0.2, 0.25) is 0 Å². The van der Waals surface area contributed by atoms with Gasteiger partial charge in [-0.05, 0) is 52.2 Å². The summed E-state index contributed by atoms with van der Waals surface area (Å²) < 4.78 is 5.60. The maximum absolute atomic E-state index is 9.80. The second-order valence-corrected chi connectivity index (χ2v) is 7.17. The number of benzene rings is 1. The van der Waals surface area contributed by atoms with E-state index < -0.39 is 6.10 Å². The van der Waals surface area contributed by atoms with Crippen molar-refractivity contribution in [2.75, 3.05) is 32.6 Å². The van der Waals surface area contributed by atoms with Gasteiger partial charge in [0.25, 0.3) is 0 Å². The Hall–Kier alpha value is -1.63. The Morgan fingerprint density at radius 3 is 2.57 bits per heavy atom. The standard InChI is InChI=1S/C17H25N3O2S/c1-12(17-9-18-13(2)23-17)19-14-5-7-16(8-6-14)22-11-15(21)10-20(3)4/h5-9,12,15,19,21H,10-11H2,1-4H3. The summed E-state index contributed by atoms with van der Waals surface area (Å²) in [7, 11) is 3.85. The SMILES string of the molecule is Cc1ncc(C(C)Nc2ccc(OCC(O)CN(C)C)cc2)s1. The number of rotatable bonds is 8. The Kier molecular flexibility index (Phi) is 6.38. The summed E-state index contributed by atoms with van der Waals surface area (Å²) in [4.78, 5) is 7.44. The normalized spacial score (nSPS) is 13.8. The van der Waals surface area contributed by atoms with Crippen LogP contribution in [0.5, 0.6) is 5.75 Å². The van der Waals surface area contributed by atoms with Gasteiger partial charge >= 0.3 is 0 Å². The summed E-state index contributed by atoms with van der Waals surface area (Å²) in [6, 6.07) is 8.01. The maximum atomic E-state index is 9.80. The Morgan fingerprint density at radius 1 is 1.30 bits per heavy atom. The van der Waals surface area contributed by atoms with E-state index in [1.54, 1.807) is 11.3 Å². The van der Waals surface area contributed by atoms with Crippen molar-refractivity contribution >= 4 is 17.0 Å². The zero-order valence-corrected chi connectivity index (χ0v) is 14.9. The Bertz CT molecular complexity index is 598. The number of hydrogen-bond donors (Lipinski definition) is 2. The molecule has 126 valence electrons. The first-order valence-electron chi connectivity index (χ1n) is 7.68. The molecule has 0 aliphatic carbocycles. The van der Waals surface area contributed by atoms with Crippen LogP contribution >= 0.6 is 11.3 Å². The van der Waals surface area contributed by atoms with Crippen molar-refractivity contribution in [2.24, 2.45) is 0 Å². The molecule has 23 heavy (non-hydrogen) atoms. The van der Waals surface area contributed by atoms with Crippen LogP contribution in [0.3, 0.4) is 0 Å². The first-order chi connectivity index (χ1) is 10.9. The first kappa shape index (κ1) is 17.7. The molecule has 1 heterocycles. The molecule has 0 amide bonds. The van der Waals surface area contributed by atoms with E-state index >= 15 is 0 Å². The molecule has 5 nitrogen and oxygen atoms in total. The van der Waals surface area contributed by atoms with Gasteiger partial charge < -0.3 is 20.1 Å². The number of ether oxygens (including phenoxy) is 1. The number of anilines is 1. The Labute approximate surface area is 141 Å². The van der Waals surface area contributed by atoms with Crippen molar-refractivity contribution in [3.05, 3.63) is 40.3 Å². The Morgan fingerprint density at radius 2 is 2.00 bits per heavy atom. The predicted molar refractivity (Wildman–Crippen MR) is 95.4 cm³/mol. The summed E-state index contributed by atoms with van der Waals surface area (Å²) in [5.41, 5.74) is 1.03. The molecule has 0 aliphatic heterocycles. The molecular formula is C17H25N3O2S. The van der Waals surface area contributed by atoms with Crippen molar-refractivity contribution < 1.29 is 9.84 Å². The van der Waals surface area contributed by atoms with Crippen LogP contribution in [-0.2, 0) is 0 Å². The van der Waals surface area contributed by atoms with Gasteiger partial charge in [-0.25, -0.2) is 4.98 Å². The molecule has 2 rings (SSSR count). The lowest BCUT2D eigenvalue weighted by Crippen LogP contribution is -2.30. The van der Waals surface area contributed by atoms with E-state index in [0.717, 1.165) is 16.4 Å². The fourth-order valence-corrected chi connectivity index (χ4v) is 3.00. The van der Waals surface area contributed by atoms with Gasteiger partial charge in [0.05, 0.1) is 11.0 Å². The van der Waals surface area contributed by atoms with Crippen molar-refractivity contribution in [3.63, 3.8) is 0 Å².